The maximum atomic E-state index is 9.75. The SMILES string of the molecule is Brc1ccc(-c2cc(-c3ccccc3)cc(-c3ccccc3)[o+]2)cc1.F[B-](F)(F)F. The summed E-state index contributed by atoms with van der Waals surface area (Å²) in [5.41, 5.74) is 4.44. The molecule has 0 spiro atoms. The minimum absolute atomic E-state index is 0.854. The first-order valence-electron chi connectivity index (χ1n) is 9.02. The Balaban J connectivity index is 0.000000461. The normalized spacial score (nSPS) is 10.8. The molecule has 0 N–H and O–H groups in total. The molecule has 30 heavy (non-hydrogen) atoms. The molecule has 0 atom stereocenters. The second-order valence-electron chi connectivity index (χ2n) is 6.31. The highest BCUT2D eigenvalue weighted by Gasteiger charge is 2.21. The molecule has 0 fully saturated rings. The third-order valence-corrected chi connectivity index (χ3v) is 4.62. The van der Waals surface area contributed by atoms with E-state index in [1.807, 2.05) is 36.4 Å². The van der Waals surface area contributed by atoms with Gasteiger partial charge in [-0.1, -0.05) is 64.5 Å². The summed E-state index contributed by atoms with van der Waals surface area (Å²) in [7, 11) is -6.00. The molecule has 4 aromatic rings. The summed E-state index contributed by atoms with van der Waals surface area (Å²) in [6.07, 6.45) is 0. The number of hydrogen-bond donors (Lipinski definition) is 0. The lowest BCUT2D eigenvalue weighted by atomic mass is 10.0. The fraction of sp³-hybridized carbons (Fsp3) is 0. The Hall–Kier alpha value is -2.93. The van der Waals surface area contributed by atoms with Crippen molar-refractivity contribution in [2.24, 2.45) is 0 Å². The highest BCUT2D eigenvalue weighted by atomic mass is 79.9. The Morgan fingerprint density at radius 3 is 1.40 bits per heavy atom. The molecule has 0 amide bonds. The van der Waals surface area contributed by atoms with Gasteiger partial charge in [0.25, 0.3) is 0 Å². The smallest absolute Gasteiger partial charge is 0.418 e. The van der Waals surface area contributed by atoms with Gasteiger partial charge in [0.15, 0.2) is 0 Å². The van der Waals surface area contributed by atoms with Crippen molar-refractivity contribution in [3.05, 3.63) is 102 Å². The van der Waals surface area contributed by atoms with E-state index in [1.165, 1.54) is 5.56 Å². The van der Waals surface area contributed by atoms with E-state index in [2.05, 4.69) is 76.6 Å². The maximum Gasteiger partial charge on any atom is 0.673 e. The zero-order chi connectivity index (χ0) is 21.6. The minimum atomic E-state index is -6.00. The second kappa shape index (κ2) is 9.72. The lowest BCUT2D eigenvalue weighted by molar-refractivity contribution is 0.368. The van der Waals surface area contributed by atoms with Gasteiger partial charge < -0.3 is 17.3 Å². The van der Waals surface area contributed by atoms with Gasteiger partial charge in [-0.3, -0.25) is 0 Å². The van der Waals surface area contributed by atoms with Gasteiger partial charge in [0, 0.05) is 10.0 Å². The molecule has 0 aliphatic carbocycles. The van der Waals surface area contributed by atoms with Gasteiger partial charge in [-0.25, -0.2) is 4.42 Å². The predicted octanol–water partition coefficient (Wildman–Crippen LogP) is 8.62. The van der Waals surface area contributed by atoms with Gasteiger partial charge in [0.2, 0.25) is 0 Å². The Morgan fingerprint density at radius 1 is 0.533 bits per heavy atom. The Kier molecular flexibility index (Phi) is 7.05. The van der Waals surface area contributed by atoms with Crippen molar-refractivity contribution in [1.29, 1.82) is 0 Å². The Bertz CT molecular complexity index is 1020. The summed E-state index contributed by atoms with van der Waals surface area (Å²) in [6, 6.07) is 33.0. The molecule has 0 bridgehead atoms. The Morgan fingerprint density at radius 2 is 0.933 bits per heavy atom. The van der Waals surface area contributed by atoms with Crippen molar-refractivity contribution in [3.63, 3.8) is 0 Å². The summed E-state index contributed by atoms with van der Waals surface area (Å²) < 4.78 is 46.3. The van der Waals surface area contributed by atoms with E-state index in [0.29, 0.717) is 0 Å². The van der Waals surface area contributed by atoms with Crippen LogP contribution >= 0.6 is 15.9 Å². The van der Waals surface area contributed by atoms with Crippen molar-refractivity contribution < 1.29 is 21.7 Å². The van der Waals surface area contributed by atoms with Crippen molar-refractivity contribution in [3.8, 4) is 33.8 Å². The molecule has 0 saturated heterocycles. The van der Waals surface area contributed by atoms with Crippen molar-refractivity contribution in [2.45, 2.75) is 0 Å². The molecular formula is C23H16BBrF4O. The van der Waals surface area contributed by atoms with Gasteiger partial charge >= 0.3 is 18.8 Å². The highest BCUT2D eigenvalue weighted by Crippen LogP contribution is 2.33. The molecule has 0 saturated carbocycles. The third-order valence-electron chi connectivity index (χ3n) is 4.09. The molecule has 152 valence electrons. The molecule has 1 heterocycles. The van der Waals surface area contributed by atoms with Gasteiger partial charge in [-0.05, 0) is 42.0 Å². The van der Waals surface area contributed by atoms with Gasteiger partial charge in [-0.15, -0.1) is 0 Å². The van der Waals surface area contributed by atoms with Crippen LogP contribution in [0.25, 0.3) is 33.8 Å². The summed E-state index contributed by atoms with van der Waals surface area (Å²) >= 11 is 3.49. The topological polar surface area (TPSA) is 11.3 Å². The standard InChI is InChI=1S/C23H16BrO.BF4/c24-21-13-11-19(12-14-21)23-16-20(17-7-3-1-4-8-17)15-22(25-23)18-9-5-2-6-10-18;2-1(3,4)5/h1-16H;/q+1;-1. The van der Waals surface area contributed by atoms with Gasteiger partial charge in [0.05, 0.1) is 23.3 Å². The lowest BCUT2D eigenvalue weighted by Crippen LogP contribution is -2.02. The van der Waals surface area contributed by atoms with Crippen LogP contribution in [0.5, 0.6) is 0 Å². The lowest BCUT2D eigenvalue weighted by Gasteiger charge is -2.02. The van der Waals surface area contributed by atoms with Crippen LogP contribution in [0.1, 0.15) is 0 Å². The average Bonchev–Trinajstić information content (AvgIpc) is 2.74. The van der Waals surface area contributed by atoms with Crippen LogP contribution < -0.4 is 0 Å². The van der Waals surface area contributed by atoms with Crippen LogP contribution in [0.15, 0.2) is 106 Å². The van der Waals surface area contributed by atoms with Crippen molar-refractivity contribution >= 4 is 23.2 Å². The molecular weight excluding hydrogens is 459 g/mol. The first-order chi connectivity index (χ1) is 14.3. The predicted molar refractivity (Wildman–Crippen MR) is 117 cm³/mol. The number of benzene rings is 3. The molecule has 0 unspecified atom stereocenters. The summed E-state index contributed by atoms with van der Waals surface area (Å²) in [6.45, 7) is 0. The van der Waals surface area contributed by atoms with Gasteiger partial charge in [-0.2, -0.15) is 0 Å². The number of rotatable bonds is 3. The highest BCUT2D eigenvalue weighted by molar-refractivity contribution is 9.10. The van der Waals surface area contributed by atoms with Crippen LogP contribution in [0.3, 0.4) is 0 Å². The molecule has 4 rings (SSSR count). The van der Waals surface area contributed by atoms with Crippen LogP contribution in [-0.2, 0) is 0 Å². The minimum Gasteiger partial charge on any atom is -0.418 e. The summed E-state index contributed by atoms with van der Waals surface area (Å²) in [5, 5.41) is 0. The molecule has 3 aromatic carbocycles. The first kappa shape index (κ1) is 21.8. The van der Waals surface area contributed by atoms with Crippen molar-refractivity contribution in [1.82, 2.24) is 0 Å². The molecule has 1 aromatic heterocycles. The monoisotopic (exact) mass is 474 g/mol. The Labute approximate surface area is 180 Å². The van der Waals surface area contributed by atoms with E-state index in [0.717, 1.165) is 32.7 Å². The van der Waals surface area contributed by atoms with E-state index >= 15 is 0 Å². The zero-order valence-electron chi connectivity index (χ0n) is 15.6. The van der Waals surface area contributed by atoms with E-state index in [-0.39, 0.29) is 0 Å². The van der Waals surface area contributed by atoms with Gasteiger partial charge in [0.1, 0.15) is 0 Å². The third kappa shape index (κ3) is 6.56. The van der Waals surface area contributed by atoms with Crippen LogP contribution in [0.2, 0.25) is 0 Å². The summed E-state index contributed by atoms with van der Waals surface area (Å²) in [5.74, 6) is 1.72. The van der Waals surface area contributed by atoms with Crippen molar-refractivity contribution in [2.75, 3.05) is 0 Å². The number of hydrogen-bond acceptors (Lipinski definition) is 0. The molecule has 0 aliphatic rings. The van der Waals surface area contributed by atoms with E-state index in [4.69, 9.17) is 4.42 Å². The van der Waals surface area contributed by atoms with Crippen LogP contribution in [-0.4, -0.2) is 7.25 Å². The average molecular weight is 475 g/mol. The van der Waals surface area contributed by atoms with Crippen LogP contribution in [0, 0.1) is 0 Å². The fourth-order valence-electron chi connectivity index (χ4n) is 2.80. The fourth-order valence-corrected chi connectivity index (χ4v) is 3.06. The largest absolute Gasteiger partial charge is 0.673 e. The first-order valence-corrected chi connectivity index (χ1v) is 9.81. The quantitative estimate of drug-likeness (QED) is 0.164. The van der Waals surface area contributed by atoms with Crippen LogP contribution in [0.4, 0.5) is 17.3 Å². The molecule has 0 aliphatic heterocycles. The molecule has 7 heteroatoms. The number of halogens is 5. The molecule has 1 nitrogen and oxygen atoms in total. The second-order valence-corrected chi connectivity index (χ2v) is 7.22. The zero-order valence-corrected chi connectivity index (χ0v) is 17.2. The molecule has 0 radical (unpaired) electrons. The maximum absolute atomic E-state index is 9.75. The summed E-state index contributed by atoms with van der Waals surface area (Å²) in [4.78, 5) is 0. The van der Waals surface area contributed by atoms with E-state index < -0.39 is 7.25 Å². The van der Waals surface area contributed by atoms with E-state index in [1.54, 1.807) is 0 Å². The van der Waals surface area contributed by atoms with E-state index in [9.17, 15) is 17.3 Å².